The van der Waals surface area contributed by atoms with Crippen LogP contribution in [0.3, 0.4) is 0 Å². The average Bonchev–Trinajstić information content (AvgIpc) is 3.24. The predicted molar refractivity (Wildman–Crippen MR) is 90.4 cm³/mol. The number of likely N-dealkylation sites (tertiary alicyclic amines) is 1. The van der Waals surface area contributed by atoms with E-state index < -0.39 is 0 Å². The average molecular weight is 333 g/mol. The van der Waals surface area contributed by atoms with Crippen molar-refractivity contribution in [2.45, 2.75) is 25.3 Å². The molecule has 0 radical (unpaired) electrons. The zero-order chi connectivity index (χ0) is 16.1. The van der Waals surface area contributed by atoms with Gasteiger partial charge in [0.2, 0.25) is 5.91 Å². The van der Waals surface area contributed by atoms with E-state index in [2.05, 4.69) is 10.2 Å². The summed E-state index contributed by atoms with van der Waals surface area (Å²) < 4.78 is 5.56. The molecule has 1 N–H and O–H groups in total. The molecule has 122 valence electrons. The number of furan rings is 1. The zero-order valence-corrected chi connectivity index (χ0v) is 13.8. The van der Waals surface area contributed by atoms with E-state index >= 15 is 0 Å². The van der Waals surface area contributed by atoms with E-state index in [9.17, 15) is 4.79 Å². The first-order valence-corrected chi connectivity index (χ1v) is 8.39. The van der Waals surface area contributed by atoms with E-state index in [0.717, 1.165) is 24.4 Å². The van der Waals surface area contributed by atoms with E-state index in [1.54, 1.807) is 18.4 Å². The number of nitrogens with one attached hydrogen (secondary N) is 1. The lowest BCUT2D eigenvalue weighted by Crippen LogP contribution is -2.37. The minimum Gasteiger partial charge on any atom is -0.468 e. The van der Waals surface area contributed by atoms with Crippen LogP contribution in [-0.2, 0) is 11.2 Å². The number of amides is 1. The zero-order valence-electron chi connectivity index (χ0n) is 13.0. The molecule has 1 aliphatic rings. The highest BCUT2D eigenvalue weighted by molar-refractivity contribution is 6.30. The minimum absolute atomic E-state index is 0.0167. The van der Waals surface area contributed by atoms with Gasteiger partial charge in [-0.1, -0.05) is 23.7 Å². The summed E-state index contributed by atoms with van der Waals surface area (Å²) >= 11 is 5.86. The summed E-state index contributed by atoms with van der Waals surface area (Å²) in [7, 11) is 0. The summed E-state index contributed by atoms with van der Waals surface area (Å²) in [6.07, 6.45) is 4.46. The molecular weight excluding hydrogens is 312 g/mol. The van der Waals surface area contributed by atoms with Crippen LogP contribution < -0.4 is 5.32 Å². The maximum absolute atomic E-state index is 12.2. The molecule has 23 heavy (non-hydrogen) atoms. The van der Waals surface area contributed by atoms with Crippen LogP contribution in [0, 0.1) is 0 Å². The second-order valence-corrected chi connectivity index (χ2v) is 6.32. The highest BCUT2D eigenvalue weighted by atomic mass is 35.5. The molecular formula is C18H21ClN2O2. The van der Waals surface area contributed by atoms with Crippen molar-refractivity contribution in [2.24, 2.45) is 0 Å². The number of carbonyl (C=O) groups is 1. The standard InChI is InChI=1S/C18H21ClN2O2/c19-15-7-5-14(6-8-15)12-18(22)20-13-16(17-4-3-11-23-17)21-9-1-2-10-21/h3-8,11,16H,1-2,9-10,12-13H2,(H,20,22)/t16-/m0/s1. The number of nitrogens with zero attached hydrogens (tertiary/aromatic N) is 1. The van der Waals surface area contributed by atoms with Gasteiger partial charge in [0, 0.05) is 11.6 Å². The van der Waals surface area contributed by atoms with E-state index in [1.807, 2.05) is 24.3 Å². The van der Waals surface area contributed by atoms with E-state index in [0.29, 0.717) is 18.0 Å². The molecule has 0 bridgehead atoms. The Morgan fingerprint density at radius 3 is 2.61 bits per heavy atom. The first-order valence-electron chi connectivity index (χ1n) is 8.01. The van der Waals surface area contributed by atoms with Crippen LogP contribution in [0.25, 0.3) is 0 Å². The Balaban J connectivity index is 1.57. The predicted octanol–water partition coefficient (Wildman–Crippen LogP) is 3.43. The van der Waals surface area contributed by atoms with E-state index in [4.69, 9.17) is 16.0 Å². The molecule has 0 aliphatic carbocycles. The van der Waals surface area contributed by atoms with Gasteiger partial charge in [0.25, 0.3) is 0 Å². The normalized spacial score (nSPS) is 16.4. The molecule has 2 aromatic rings. The number of carbonyl (C=O) groups excluding carboxylic acids is 1. The Morgan fingerprint density at radius 2 is 1.96 bits per heavy atom. The van der Waals surface area contributed by atoms with Crippen molar-refractivity contribution in [3.63, 3.8) is 0 Å². The topological polar surface area (TPSA) is 45.5 Å². The van der Waals surface area contributed by atoms with Crippen LogP contribution in [0.4, 0.5) is 0 Å². The monoisotopic (exact) mass is 332 g/mol. The molecule has 0 spiro atoms. The summed E-state index contributed by atoms with van der Waals surface area (Å²) in [6, 6.07) is 11.4. The molecule has 5 heteroatoms. The van der Waals surface area contributed by atoms with Crippen molar-refractivity contribution in [2.75, 3.05) is 19.6 Å². The third kappa shape index (κ3) is 4.36. The lowest BCUT2D eigenvalue weighted by Gasteiger charge is -2.26. The van der Waals surface area contributed by atoms with Gasteiger partial charge in [-0.25, -0.2) is 0 Å². The van der Waals surface area contributed by atoms with Crippen LogP contribution in [-0.4, -0.2) is 30.4 Å². The van der Waals surface area contributed by atoms with Crippen molar-refractivity contribution in [3.8, 4) is 0 Å². The first kappa shape index (κ1) is 16.1. The summed E-state index contributed by atoms with van der Waals surface area (Å²) in [5, 5.41) is 3.72. The number of hydrogen-bond donors (Lipinski definition) is 1. The van der Waals surface area contributed by atoms with Gasteiger partial charge >= 0.3 is 0 Å². The van der Waals surface area contributed by atoms with Gasteiger partial charge in [0.15, 0.2) is 0 Å². The molecule has 1 aromatic heterocycles. The van der Waals surface area contributed by atoms with Crippen molar-refractivity contribution >= 4 is 17.5 Å². The SMILES string of the molecule is O=C(Cc1ccc(Cl)cc1)NC[C@@H](c1ccco1)N1CCCC1. The molecule has 1 aliphatic heterocycles. The van der Waals surface area contributed by atoms with Crippen molar-refractivity contribution in [3.05, 3.63) is 59.0 Å². The van der Waals surface area contributed by atoms with Crippen LogP contribution in [0.1, 0.15) is 30.2 Å². The molecule has 1 fully saturated rings. The van der Waals surface area contributed by atoms with Gasteiger partial charge < -0.3 is 9.73 Å². The van der Waals surface area contributed by atoms with Gasteiger partial charge in [-0.15, -0.1) is 0 Å². The second kappa shape index (κ2) is 7.66. The molecule has 0 saturated carbocycles. The van der Waals surface area contributed by atoms with Crippen molar-refractivity contribution in [1.82, 2.24) is 10.2 Å². The highest BCUT2D eigenvalue weighted by Gasteiger charge is 2.25. The molecule has 4 nitrogen and oxygen atoms in total. The summed E-state index contributed by atoms with van der Waals surface area (Å²) in [4.78, 5) is 14.6. The fraction of sp³-hybridized carbons (Fsp3) is 0.389. The number of rotatable bonds is 6. The molecule has 1 amide bonds. The third-order valence-electron chi connectivity index (χ3n) is 4.22. The van der Waals surface area contributed by atoms with Crippen molar-refractivity contribution in [1.29, 1.82) is 0 Å². The van der Waals surface area contributed by atoms with Crippen LogP contribution >= 0.6 is 11.6 Å². The first-order chi connectivity index (χ1) is 11.2. The Morgan fingerprint density at radius 1 is 1.22 bits per heavy atom. The van der Waals surface area contributed by atoms with Gasteiger partial charge in [-0.3, -0.25) is 9.69 Å². The smallest absolute Gasteiger partial charge is 0.224 e. The Labute approximate surface area is 141 Å². The highest BCUT2D eigenvalue weighted by Crippen LogP contribution is 2.24. The Kier molecular flexibility index (Phi) is 5.36. The molecule has 1 aromatic carbocycles. The van der Waals surface area contributed by atoms with Gasteiger partial charge in [0.05, 0.1) is 18.7 Å². The second-order valence-electron chi connectivity index (χ2n) is 5.88. The van der Waals surface area contributed by atoms with Crippen LogP contribution in [0.5, 0.6) is 0 Å². The van der Waals surface area contributed by atoms with Crippen molar-refractivity contribution < 1.29 is 9.21 Å². The van der Waals surface area contributed by atoms with Gasteiger partial charge in [-0.2, -0.15) is 0 Å². The number of hydrogen-bond acceptors (Lipinski definition) is 3. The molecule has 1 saturated heterocycles. The summed E-state index contributed by atoms with van der Waals surface area (Å²) in [5.41, 5.74) is 0.961. The molecule has 0 unspecified atom stereocenters. The number of benzene rings is 1. The maximum atomic E-state index is 12.2. The summed E-state index contributed by atoms with van der Waals surface area (Å²) in [5.74, 6) is 0.932. The van der Waals surface area contributed by atoms with Crippen LogP contribution in [0.15, 0.2) is 47.1 Å². The van der Waals surface area contributed by atoms with Gasteiger partial charge in [0.1, 0.15) is 5.76 Å². The maximum Gasteiger partial charge on any atom is 0.224 e. The Bertz CT molecular complexity index is 619. The molecule has 3 rings (SSSR count). The lowest BCUT2D eigenvalue weighted by atomic mass is 10.1. The number of halogens is 1. The fourth-order valence-electron chi connectivity index (χ4n) is 3.00. The van der Waals surface area contributed by atoms with Gasteiger partial charge in [-0.05, 0) is 55.8 Å². The summed E-state index contributed by atoms with van der Waals surface area (Å²) in [6.45, 7) is 2.68. The minimum atomic E-state index is 0.0167. The van der Waals surface area contributed by atoms with Crippen LogP contribution in [0.2, 0.25) is 5.02 Å². The quantitative estimate of drug-likeness (QED) is 0.881. The molecule has 1 atom stereocenters. The van der Waals surface area contributed by atoms with E-state index in [1.165, 1.54) is 12.8 Å². The van der Waals surface area contributed by atoms with E-state index in [-0.39, 0.29) is 11.9 Å². The largest absolute Gasteiger partial charge is 0.468 e. The molecule has 2 heterocycles. The third-order valence-corrected chi connectivity index (χ3v) is 4.48. The lowest BCUT2D eigenvalue weighted by molar-refractivity contribution is -0.120. The fourth-order valence-corrected chi connectivity index (χ4v) is 3.13. The Hall–Kier alpha value is -1.78.